The Bertz CT molecular complexity index is 1100. The van der Waals surface area contributed by atoms with Gasteiger partial charge in [0.1, 0.15) is 0 Å². The summed E-state index contributed by atoms with van der Waals surface area (Å²) >= 11 is 0. The van der Waals surface area contributed by atoms with Crippen molar-refractivity contribution in [2.45, 2.75) is 56.8 Å². The first-order chi connectivity index (χ1) is 16.4. The van der Waals surface area contributed by atoms with E-state index in [2.05, 4.69) is 36.3 Å². The molecule has 2 heterocycles. The maximum absolute atomic E-state index is 14.1. The van der Waals surface area contributed by atoms with Crippen molar-refractivity contribution in [3.05, 3.63) is 59.4 Å². The van der Waals surface area contributed by atoms with Gasteiger partial charge in [0, 0.05) is 38.5 Å². The molecular formula is C26H31F3N4O2. The molecule has 0 spiro atoms. The van der Waals surface area contributed by atoms with E-state index in [1.807, 2.05) is 12.1 Å². The summed E-state index contributed by atoms with van der Waals surface area (Å²) in [6.45, 7) is 4.41. The predicted octanol–water partition coefficient (Wildman–Crippen LogP) is 4.33. The fourth-order valence-corrected chi connectivity index (χ4v) is 5.29. The van der Waals surface area contributed by atoms with E-state index in [-0.39, 0.29) is 42.4 Å². The number of fused-ring (bicyclic) bond motifs is 1. The lowest BCUT2D eigenvalue weighted by Gasteiger charge is -2.35. The number of benzene rings is 1. The van der Waals surface area contributed by atoms with Gasteiger partial charge in [-0.3, -0.25) is 14.6 Å². The topological polar surface area (TPSA) is 65.5 Å². The zero-order valence-electron chi connectivity index (χ0n) is 20.4. The van der Waals surface area contributed by atoms with Crippen molar-refractivity contribution in [3.8, 4) is 0 Å². The van der Waals surface area contributed by atoms with Crippen LogP contribution in [0.5, 0.6) is 0 Å². The second-order valence-corrected chi connectivity index (χ2v) is 10.2. The van der Waals surface area contributed by atoms with Gasteiger partial charge in [0.25, 0.3) is 0 Å². The van der Waals surface area contributed by atoms with Crippen molar-refractivity contribution in [1.82, 2.24) is 14.8 Å². The molecule has 9 heteroatoms. The Kier molecular flexibility index (Phi) is 6.55. The highest BCUT2D eigenvalue weighted by Gasteiger charge is 2.47. The van der Waals surface area contributed by atoms with Crippen LogP contribution in [0, 0.1) is 5.92 Å². The third-order valence-corrected chi connectivity index (χ3v) is 7.44. The molecule has 0 bridgehead atoms. The van der Waals surface area contributed by atoms with Crippen LogP contribution < -0.4 is 5.32 Å². The van der Waals surface area contributed by atoms with Crippen LogP contribution in [-0.4, -0.2) is 59.5 Å². The summed E-state index contributed by atoms with van der Waals surface area (Å²) in [5.41, 5.74) is 2.75. The lowest BCUT2D eigenvalue weighted by Crippen LogP contribution is -2.48. The van der Waals surface area contributed by atoms with Crippen molar-refractivity contribution in [2.24, 2.45) is 5.92 Å². The highest BCUT2D eigenvalue weighted by atomic mass is 19.4. The van der Waals surface area contributed by atoms with Crippen LogP contribution in [0.1, 0.15) is 49.6 Å². The van der Waals surface area contributed by atoms with Crippen LogP contribution in [0.4, 0.5) is 18.9 Å². The van der Waals surface area contributed by atoms with Crippen LogP contribution in [-0.2, 0) is 21.4 Å². The summed E-state index contributed by atoms with van der Waals surface area (Å²) in [7, 11) is 2.71. The monoisotopic (exact) mass is 488 g/mol. The number of likely N-dealkylation sites (tertiary alicyclic amines) is 1. The molecule has 2 aromatic rings. The van der Waals surface area contributed by atoms with Crippen LogP contribution >= 0.6 is 0 Å². The van der Waals surface area contributed by atoms with E-state index >= 15 is 0 Å². The number of hydrogen-bond acceptors (Lipinski definition) is 4. The number of carbonyl (C=O) groups excluding carboxylic acids is 2. The molecule has 0 saturated carbocycles. The van der Waals surface area contributed by atoms with E-state index in [1.54, 1.807) is 13.1 Å². The average molecular weight is 489 g/mol. The molecule has 1 saturated heterocycles. The number of nitrogens with one attached hydrogen (secondary N) is 1. The Hall–Kier alpha value is -3.10. The maximum atomic E-state index is 14.1. The zero-order chi connectivity index (χ0) is 25.5. The maximum Gasteiger partial charge on any atom is 0.414 e. The van der Waals surface area contributed by atoms with Gasteiger partial charge in [0.2, 0.25) is 11.8 Å². The van der Waals surface area contributed by atoms with Gasteiger partial charge in [-0.15, -0.1) is 0 Å². The number of pyridine rings is 1. The first kappa shape index (κ1) is 25.0. The minimum Gasteiger partial charge on any atom is -0.380 e. The molecular weight excluding hydrogens is 457 g/mol. The van der Waals surface area contributed by atoms with Crippen LogP contribution in [0.25, 0.3) is 0 Å². The summed E-state index contributed by atoms with van der Waals surface area (Å²) in [6.07, 6.45) is -2.09. The molecule has 1 aromatic heterocycles. The molecule has 3 atom stereocenters. The van der Waals surface area contributed by atoms with Crippen molar-refractivity contribution in [1.29, 1.82) is 0 Å². The lowest BCUT2D eigenvalue weighted by molar-refractivity contribution is -0.192. The average Bonchev–Trinajstić information content (AvgIpc) is 3.05. The molecule has 1 aliphatic carbocycles. The molecule has 1 N–H and O–H groups in total. The van der Waals surface area contributed by atoms with Crippen LogP contribution in [0.15, 0.2) is 42.6 Å². The number of carbonyl (C=O) groups is 2. The number of hydrogen-bond donors (Lipinski definition) is 1. The normalized spacial score (nSPS) is 22.5. The second-order valence-electron chi connectivity index (χ2n) is 10.2. The molecule has 1 aromatic carbocycles. The number of anilines is 1. The Morgan fingerprint density at radius 3 is 2.54 bits per heavy atom. The van der Waals surface area contributed by atoms with Gasteiger partial charge in [-0.05, 0) is 36.1 Å². The smallest absolute Gasteiger partial charge is 0.380 e. The van der Waals surface area contributed by atoms with Gasteiger partial charge >= 0.3 is 6.18 Å². The number of alkyl halides is 3. The Labute approximate surface area is 203 Å². The first-order valence-corrected chi connectivity index (χ1v) is 11.8. The number of aromatic nitrogens is 1. The molecule has 35 heavy (non-hydrogen) atoms. The largest absolute Gasteiger partial charge is 0.414 e. The summed E-state index contributed by atoms with van der Waals surface area (Å²) in [5, 5.41) is 3.43. The fraction of sp³-hybridized carbons (Fsp3) is 0.500. The van der Waals surface area contributed by atoms with Gasteiger partial charge < -0.3 is 15.1 Å². The van der Waals surface area contributed by atoms with Gasteiger partial charge in [-0.1, -0.05) is 38.1 Å². The van der Waals surface area contributed by atoms with Gasteiger partial charge in [0.15, 0.2) is 6.04 Å². The number of amides is 2. The molecule has 1 fully saturated rings. The van der Waals surface area contributed by atoms with E-state index in [0.29, 0.717) is 5.69 Å². The van der Waals surface area contributed by atoms with E-state index < -0.39 is 24.0 Å². The number of rotatable bonds is 5. The summed E-state index contributed by atoms with van der Waals surface area (Å²) < 4.78 is 42.3. The van der Waals surface area contributed by atoms with E-state index in [9.17, 15) is 22.8 Å². The first-order valence-electron chi connectivity index (χ1n) is 11.8. The minimum absolute atomic E-state index is 0.0706. The van der Waals surface area contributed by atoms with E-state index in [0.717, 1.165) is 18.4 Å². The predicted molar refractivity (Wildman–Crippen MR) is 127 cm³/mol. The summed E-state index contributed by atoms with van der Waals surface area (Å²) in [4.78, 5) is 30.9. The van der Waals surface area contributed by atoms with Gasteiger partial charge in [-0.2, -0.15) is 13.2 Å². The van der Waals surface area contributed by atoms with Gasteiger partial charge in [-0.25, -0.2) is 0 Å². The SMILES string of the molecule is CN1CC(C(=O)N(C)[C@@H](c2ccc(NC3Cc4ccccc4C3(C)C)cn2)C(F)(F)F)CCC1=O. The Balaban J connectivity index is 1.51. The highest BCUT2D eigenvalue weighted by Crippen LogP contribution is 2.41. The van der Waals surface area contributed by atoms with Crippen molar-refractivity contribution < 1.29 is 22.8 Å². The quantitative estimate of drug-likeness (QED) is 0.681. The standard InChI is InChI=1S/C26H31F3N4O2/c1-25(2)19-8-6-5-7-16(19)13-21(25)31-18-10-11-20(30-14-18)23(26(27,28)29)33(4)24(35)17-9-12-22(34)32(3)15-17/h5-8,10-11,14,17,21,23,31H,9,12-13,15H2,1-4H3/t17?,21?,23-/m0/s1. The third-order valence-electron chi connectivity index (χ3n) is 7.44. The van der Waals surface area contributed by atoms with E-state index in [4.69, 9.17) is 0 Å². The number of nitrogens with zero attached hydrogens (tertiary/aromatic N) is 3. The molecule has 0 radical (unpaired) electrons. The molecule has 2 aliphatic rings. The van der Waals surface area contributed by atoms with E-state index in [1.165, 1.54) is 28.3 Å². The molecule has 2 amide bonds. The van der Waals surface area contributed by atoms with Crippen LogP contribution in [0.3, 0.4) is 0 Å². The molecule has 188 valence electrons. The van der Waals surface area contributed by atoms with Gasteiger partial charge in [0.05, 0.1) is 23.5 Å². The molecule has 1 aliphatic heterocycles. The summed E-state index contributed by atoms with van der Waals surface area (Å²) in [5.74, 6) is -1.41. The summed E-state index contributed by atoms with van der Waals surface area (Å²) in [6, 6.07) is 9.05. The highest BCUT2D eigenvalue weighted by molar-refractivity contribution is 5.84. The Morgan fingerprint density at radius 2 is 1.94 bits per heavy atom. The van der Waals surface area contributed by atoms with Crippen molar-refractivity contribution >= 4 is 17.5 Å². The molecule has 6 nitrogen and oxygen atoms in total. The fourth-order valence-electron chi connectivity index (χ4n) is 5.29. The Morgan fingerprint density at radius 1 is 1.23 bits per heavy atom. The zero-order valence-corrected chi connectivity index (χ0v) is 20.4. The van der Waals surface area contributed by atoms with Crippen molar-refractivity contribution in [3.63, 3.8) is 0 Å². The van der Waals surface area contributed by atoms with Crippen LogP contribution in [0.2, 0.25) is 0 Å². The molecule has 4 rings (SSSR count). The number of halogens is 3. The number of piperidine rings is 1. The third kappa shape index (κ3) is 4.86. The molecule has 2 unspecified atom stereocenters. The minimum atomic E-state index is -4.70. The lowest BCUT2D eigenvalue weighted by atomic mass is 9.83. The van der Waals surface area contributed by atoms with Crippen molar-refractivity contribution in [2.75, 3.05) is 26.0 Å². The second kappa shape index (κ2) is 9.17.